The van der Waals surface area contributed by atoms with Crippen LogP contribution >= 0.6 is 11.3 Å². The molecule has 1 atom stereocenters. The van der Waals surface area contributed by atoms with Gasteiger partial charge in [-0.25, -0.2) is 14.7 Å². The van der Waals surface area contributed by atoms with E-state index in [2.05, 4.69) is 34.2 Å². The van der Waals surface area contributed by atoms with Gasteiger partial charge in [0.25, 0.3) is 5.91 Å². The molecule has 3 heterocycles. The van der Waals surface area contributed by atoms with E-state index in [1.54, 1.807) is 11.3 Å². The molecule has 3 amide bonds. The first-order valence-corrected chi connectivity index (χ1v) is 12.9. The number of rotatable bonds is 8. The van der Waals surface area contributed by atoms with E-state index in [-0.39, 0.29) is 11.9 Å². The second kappa shape index (κ2) is 9.82. The maximum atomic E-state index is 13.6. The van der Waals surface area contributed by atoms with E-state index in [1.165, 1.54) is 9.60 Å². The number of hydrogen-bond acceptors (Lipinski definition) is 6. The summed E-state index contributed by atoms with van der Waals surface area (Å²) in [6.45, 7) is 6.68. The van der Waals surface area contributed by atoms with Crippen LogP contribution in [-0.2, 0) is 16.9 Å². The smallest absolute Gasteiger partial charge is 0.319 e. The van der Waals surface area contributed by atoms with Crippen molar-refractivity contribution in [3.63, 3.8) is 0 Å². The molecule has 0 saturated carbocycles. The highest BCUT2D eigenvalue weighted by Gasteiger charge is 2.52. The predicted octanol–water partition coefficient (Wildman–Crippen LogP) is 4.01. The average molecular weight is 478 g/mol. The fourth-order valence-corrected chi connectivity index (χ4v) is 5.91. The van der Waals surface area contributed by atoms with Gasteiger partial charge in [0.2, 0.25) is 0 Å². The number of hydrogen-bond donors (Lipinski definition) is 1. The van der Waals surface area contributed by atoms with Crippen molar-refractivity contribution in [3.8, 4) is 0 Å². The van der Waals surface area contributed by atoms with Crippen molar-refractivity contribution >= 4 is 33.5 Å². The first-order chi connectivity index (χ1) is 16.6. The number of fused-ring (bicyclic) bond motifs is 1. The number of carbonyl (C=O) groups excluding carboxylic acids is 2. The highest BCUT2D eigenvalue weighted by Crippen LogP contribution is 2.34. The van der Waals surface area contributed by atoms with Crippen molar-refractivity contribution < 1.29 is 9.59 Å². The number of para-hydroxylation sites is 1. The largest absolute Gasteiger partial charge is 0.326 e. The molecule has 1 N–H and O–H groups in total. The molecule has 0 bridgehead atoms. The minimum absolute atomic E-state index is 0.131. The Morgan fingerprint density at radius 1 is 0.971 bits per heavy atom. The molecule has 178 valence electrons. The molecule has 2 saturated heterocycles. The van der Waals surface area contributed by atoms with Crippen molar-refractivity contribution in [2.75, 3.05) is 32.8 Å². The average Bonchev–Trinajstić information content (AvgIpc) is 3.38. The Kier molecular flexibility index (Phi) is 6.63. The highest BCUT2D eigenvalue weighted by atomic mass is 32.1. The Bertz CT molecular complexity index is 1130. The first-order valence-electron chi connectivity index (χ1n) is 12.1. The summed E-state index contributed by atoms with van der Waals surface area (Å²) in [5, 5.41) is 4.19. The van der Waals surface area contributed by atoms with Crippen LogP contribution in [0.5, 0.6) is 0 Å². The highest BCUT2D eigenvalue weighted by molar-refractivity contribution is 7.18. The molecule has 1 aromatic heterocycles. The SMILES string of the molecule is CCCC[C@]1(c2ccccc2)NC(=O)N(CN2CCN(Cc3nc4ccccc4s3)CC2)C1=O. The van der Waals surface area contributed by atoms with Gasteiger partial charge in [0.05, 0.1) is 23.4 Å². The number of amides is 3. The van der Waals surface area contributed by atoms with Gasteiger partial charge in [-0.3, -0.25) is 14.6 Å². The number of imide groups is 1. The number of nitrogens with zero attached hydrogens (tertiary/aromatic N) is 4. The number of nitrogens with one attached hydrogen (secondary N) is 1. The lowest BCUT2D eigenvalue weighted by Gasteiger charge is -2.35. The van der Waals surface area contributed by atoms with Crippen molar-refractivity contribution in [2.45, 2.75) is 38.3 Å². The van der Waals surface area contributed by atoms with Crippen LogP contribution in [0.2, 0.25) is 0 Å². The van der Waals surface area contributed by atoms with E-state index in [0.29, 0.717) is 13.1 Å². The molecule has 2 fully saturated rings. The van der Waals surface area contributed by atoms with Crippen molar-refractivity contribution in [1.82, 2.24) is 25.0 Å². The lowest BCUT2D eigenvalue weighted by atomic mass is 9.85. The lowest BCUT2D eigenvalue weighted by Crippen LogP contribution is -2.51. The van der Waals surface area contributed by atoms with Crippen molar-refractivity contribution in [2.24, 2.45) is 0 Å². The fourth-order valence-electron chi connectivity index (χ4n) is 4.90. The number of thiazole rings is 1. The maximum Gasteiger partial charge on any atom is 0.326 e. The third-order valence-corrected chi connectivity index (χ3v) is 7.87. The Morgan fingerprint density at radius 3 is 2.41 bits per heavy atom. The molecular formula is C26H31N5O2S. The topological polar surface area (TPSA) is 68.8 Å². The van der Waals surface area contributed by atoms with Crippen LogP contribution in [0, 0.1) is 0 Å². The summed E-state index contributed by atoms with van der Waals surface area (Å²) in [4.78, 5) is 37.3. The molecule has 3 aromatic rings. The zero-order chi connectivity index (χ0) is 23.5. The Hall–Kier alpha value is -2.81. The van der Waals surface area contributed by atoms with E-state index in [0.717, 1.165) is 61.7 Å². The van der Waals surface area contributed by atoms with Gasteiger partial charge in [0.15, 0.2) is 0 Å². The van der Waals surface area contributed by atoms with Crippen LogP contribution in [0.1, 0.15) is 36.8 Å². The molecular weight excluding hydrogens is 446 g/mol. The predicted molar refractivity (Wildman–Crippen MR) is 134 cm³/mol. The summed E-state index contributed by atoms with van der Waals surface area (Å²) in [7, 11) is 0. The van der Waals surface area contributed by atoms with Gasteiger partial charge in [-0.2, -0.15) is 0 Å². The molecule has 8 heteroatoms. The van der Waals surface area contributed by atoms with Crippen molar-refractivity contribution in [3.05, 3.63) is 65.2 Å². The maximum absolute atomic E-state index is 13.6. The van der Waals surface area contributed by atoms with Gasteiger partial charge >= 0.3 is 6.03 Å². The minimum Gasteiger partial charge on any atom is -0.319 e. The Balaban J connectivity index is 1.21. The number of benzene rings is 2. The monoisotopic (exact) mass is 477 g/mol. The summed E-state index contributed by atoms with van der Waals surface area (Å²) < 4.78 is 1.22. The van der Waals surface area contributed by atoms with Crippen LogP contribution in [0.15, 0.2) is 54.6 Å². The summed E-state index contributed by atoms with van der Waals surface area (Å²) in [6.07, 6.45) is 2.46. The molecule has 7 nitrogen and oxygen atoms in total. The lowest BCUT2D eigenvalue weighted by molar-refractivity contribution is -0.133. The van der Waals surface area contributed by atoms with Gasteiger partial charge in [0, 0.05) is 26.2 Å². The van der Waals surface area contributed by atoms with E-state index in [1.807, 2.05) is 42.5 Å². The number of unbranched alkanes of at least 4 members (excludes halogenated alkanes) is 1. The number of aromatic nitrogens is 1. The number of piperazine rings is 1. The minimum atomic E-state index is -0.955. The number of urea groups is 1. The summed E-state index contributed by atoms with van der Waals surface area (Å²) in [6, 6.07) is 17.6. The third-order valence-electron chi connectivity index (χ3n) is 6.85. The van der Waals surface area contributed by atoms with Crippen LogP contribution in [-0.4, -0.2) is 64.5 Å². The zero-order valence-corrected chi connectivity index (χ0v) is 20.4. The molecule has 0 aliphatic carbocycles. The molecule has 2 aromatic carbocycles. The molecule has 2 aliphatic rings. The first kappa shape index (κ1) is 23.0. The summed E-state index contributed by atoms with van der Waals surface area (Å²) in [5.41, 5.74) is 0.970. The van der Waals surface area contributed by atoms with Gasteiger partial charge in [-0.1, -0.05) is 62.2 Å². The molecule has 2 aliphatic heterocycles. The van der Waals surface area contributed by atoms with Gasteiger partial charge in [-0.15, -0.1) is 11.3 Å². The number of carbonyl (C=O) groups is 2. The standard InChI is InChI=1S/C26H31N5O2S/c1-2-3-13-26(20-9-5-4-6-10-20)24(32)31(25(33)28-26)19-30-16-14-29(15-17-30)18-23-27-21-11-7-8-12-22(21)34-23/h4-12H,2-3,13-19H2,1H3,(H,28,33)/t26-/m1/s1. The normalized spacial score (nSPS) is 22.0. The quantitative estimate of drug-likeness (QED) is 0.497. The molecule has 0 unspecified atom stereocenters. The Labute approximate surface area is 204 Å². The van der Waals surface area contributed by atoms with Crippen LogP contribution < -0.4 is 5.32 Å². The molecule has 0 spiro atoms. The van der Waals surface area contributed by atoms with Crippen LogP contribution in [0.4, 0.5) is 4.79 Å². The fraction of sp³-hybridized carbons (Fsp3) is 0.423. The Morgan fingerprint density at radius 2 is 1.68 bits per heavy atom. The molecule has 0 radical (unpaired) electrons. The van der Waals surface area contributed by atoms with Crippen LogP contribution in [0.3, 0.4) is 0 Å². The van der Waals surface area contributed by atoms with Crippen LogP contribution in [0.25, 0.3) is 10.2 Å². The van der Waals surface area contributed by atoms with E-state index < -0.39 is 5.54 Å². The second-order valence-electron chi connectivity index (χ2n) is 9.15. The molecule has 5 rings (SSSR count). The zero-order valence-electron chi connectivity index (χ0n) is 19.6. The van der Waals surface area contributed by atoms with E-state index in [4.69, 9.17) is 4.98 Å². The van der Waals surface area contributed by atoms with Gasteiger partial charge in [-0.05, 0) is 24.1 Å². The van der Waals surface area contributed by atoms with Gasteiger partial charge in [0.1, 0.15) is 10.5 Å². The third kappa shape index (κ3) is 4.45. The van der Waals surface area contributed by atoms with E-state index >= 15 is 0 Å². The van der Waals surface area contributed by atoms with Crippen molar-refractivity contribution in [1.29, 1.82) is 0 Å². The van der Waals surface area contributed by atoms with E-state index in [9.17, 15) is 9.59 Å². The van der Waals surface area contributed by atoms with Gasteiger partial charge < -0.3 is 5.32 Å². The second-order valence-corrected chi connectivity index (χ2v) is 10.3. The summed E-state index contributed by atoms with van der Waals surface area (Å²) >= 11 is 1.75. The molecule has 34 heavy (non-hydrogen) atoms. The summed E-state index contributed by atoms with van der Waals surface area (Å²) in [5.74, 6) is -0.131.